The molecule has 18 heavy (non-hydrogen) atoms. The highest BCUT2D eigenvalue weighted by atomic mass is 79.9. The van der Waals surface area contributed by atoms with Gasteiger partial charge in [-0.2, -0.15) is 0 Å². The summed E-state index contributed by atoms with van der Waals surface area (Å²) in [5, 5.41) is 0.465. The zero-order valence-corrected chi connectivity index (χ0v) is 13.3. The lowest BCUT2D eigenvalue weighted by Gasteiger charge is -2.14. The predicted molar refractivity (Wildman–Crippen MR) is 82.8 cm³/mol. The van der Waals surface area contributed by atoms with Gasteiger partial charge in [-0.1, -0.05) is 51.8 Å². The number of hydrogen-bond acceptors (Lipinski definition) is 0. The molecule has 0 saturated heterocycles. The van der Waals surface area contributed by atoms with E-state index in [-0.39, 0.29) is 5.38 Å². The molecule has 94 valence electrons. The fourth-order valence-electron chi connectivity index (χ4n) is 1.81. The van der Waals surface area contributed by atoms with Gasteiger partial charge in [0.2, 0.25) is 0 Å². The maximum absolute atomic E-state index is 6.51. The van der Waals surface area contributed by atoms with Gasteiger partial charge in [-0.25, -0.2) is 0 Å². The van der Waals surface area contributed by atoms with E-state index in [2.05, 4.69) is 48.0 Å². The van der Waals surface area contributed by atoms with Crippen molar-refractivity contribution < 1.29 is 0 Å². The molecule has 0 aromatic heterocycles. The second-order valence-electron chi connectivity index (χ2n) is 4.37. The lowest BCUT2D eigenvalue weighted by atomic mass is 10.00. The summed E-state index contributed by atoms with van der Waals surface area (Å²) in [7, 11) is 0. The zero-order chi connectivity index (χ0) is 13.3. The molecule has 2 rings (SSSR count). The Hall–Kier alpha value is -0.500. The maximum Gasteiger partial charge on any atom is 0.0849 e. The molecule has 3 heteroatoms. The van der Waals surface area contributed by atoms with E-state index in [1.54, 1.807) is 0 Å². The van der Waals surface area contributed by atoms with Crippen LogP contribution < -0.4 is 0 Å². The minimum Gasteiger partial charge on any atom is -0.113 e. The van der Waals surface area contributed by atoms with Crippen molar-refractivity contribution in [2.45, 2.75) is 19.2 Å². The topological polar surface area (TPSA) is 0 Å². The summed E-state index contributed by atoms with van der Waals surface area (Å²) in [6, 6.07) is 12.0. The van der Waals surface area contributed by atoms with E-state index in [4.69, 9.17) is 23.2 Å². The molecule has 0 nitrogen and oxygen atoms in total. The van der Waals surface area contributed by atoms with E-state index < -0.39 is 0 Å². The minimum atomic E-state index is -0.218. The van der Waals surface area contributed by atoms with Crippen LogP contribution in [0.3, 0.4) is 0 Å². The fourth-order valence-corrected chi connectivity index (χ4v) is 2.97. The average Bonchev–Trinajstić information content (AvgIpc) is 2.32. The van der Waals surface area contributed by atoms with Gasteiger partial charge < -0.3 is 0 Å². The van der Waals surface area contributed by atoms with Crippen molar-refractivity contribution in [2.75, 3.05) is 0 Å². The first-order chi connectivity index (χ1) is 8.49. The zero-order valence-electron chi connectivity index (χ0n) is 10.2. The molecule has 0 bridgehead atoms. The van der Waals surface area contributed by atoms with Gasteiger partial charge in [-0.15, -0.1) is 11.6 Å². The van der Waals surface area contributed by atoms with E-state index in [0.29, 0.717) is 5.02 Å². The van der Waals surface area contributed by atoms with Gasteiger partial charge in [-0.05, 0) is 48.2 Å². The maximum atomic E-state index is 6.51. The van der Waals surface area contributed by atoms with E-state index in [0.717, 1.165) is 15.6 Å². The minimum absolute atomic E-state index is 0.218. The first kappa shape index (κ1) is 13.9. The number of aryl methyl sites for hydroxylation is 2. The Morgan fingerprint density at radius 2 is 1.72 bits per heavy atom. The molecule has 0 spiro atoms. The quantitative estimate of drug-likeness (QED) is 0.582. The van der Waals surface area contributed by atoms with Crippen LogP contribution in [0.1, 0.15) is 27.6 Å². The van der Waals surface area contributed by atoms with Gasteiger partial charge in [0.25, 0.3) is 0 Å². The van der Waals surface area contributed by atoms with Crippen molar-refractivity contribution in [3.63, 3.8) is 0 Å². The third-order valence-electron chi connectivity index (χ3n) is 3.06. The molecule has 0 radical (unpaired) electrons. The van der Waals surface area contributed by atoms with Crippen LogP contribution in [-0.2, 0) is 0 Å². The van der Waals surface area contributed by atoms with E-state index in [1.165, 1.54) is 11.1 Å². The van der Waals surface area contributed by atoms with Crippen LogP contribution in [0.25, 0.3) is 0 Å². The molecular formula is C15H13BrCl2. The number of benzene rings is 2. The highest BCUT2D eigenvalue weighted by molar-refractivity contribution is 9.10. The van der Waals surface area contributed by atoms with Crippen molar-refractivity contribution in [1.82, 2.24) is 0 Å². The van der Waals surface area contributed by atoms with E-state index >= 15 is 0 Å². The van der Waals surface area contributed by atoms with Crippen molar-refractivity contribution >= 4 is 39.1 Å². The van der Waals surface area contributed by atoms with Crippen LogP contribution in [0, 0.1) is 13.8 Å². The van der Waals surface area contributed by atoms with Crippen molar-refractivity contribution in [1.29, 1.82) is 0 Å². The van der Waals surface area contributed by atoms with Crippen molar-refractivity contribution in [3.8, 4) is 0 Å². The first-order valence-corrected chi connectivity index (χ1v) is 7.26. The smallest absolute Gasteiger partial charge is 0.0849 e. The van der Waals surface area contributed by atoms with Crippen LogP contribution in [0.5, 0.6) is 0 Å². The molecule has 2 aromatic carbocycles. The standard InChI is InChI=1S/C15H13BrCl2/c1-9-3-4-11(7-10(9)2)15(18)13-6-5-12(16)8-14(13)17/h3-8,15H,1-2H3. The summed E-state index contributed by atoms with van der Waals surface area (Å²) in [4.78, 5) is 0. The summed E-state index contributed by atoms with van der Waals surface area (Å²) in [5.41, 5.74) is 4.52. The monoisotopic (exact) mass is 342 g/mol. The normalized spacial score (nSPS) is 12.5. The molecule has 2 aromatic rings. The van der Waals surface area contributed by atoms with Crippen LogP contribution in [-0.4, -0.2) is 0 Å². The second kappa shape index (κ2) is 5.64. The molecule has 0 aliphatic carbocycles. The van der Waals surface area contributed by atoms with Gasteiger partial charge in [0.05, 0.1) is 5.38 Å². The molecule has 1 unspecified atom stereocenters. The Kier molecular flexibility index (Phi) is 4.37. The Labute approximate surface area is 126 Å². The fraction of sp³-hybridized carbons (Fsp3) is 0.200. The van der Waals surface area contributed by atoms with Crippen molar-refractivity contribution in [3.05, 3.63) is 68.1 Å². The third kappa shape index (κ3) is 2.90. The van der Waals surface area contributed by atoms with Gasteiger partial charge >= 0.3 is 0 Å². The summed E-state index contributed by atoms with van der Waals surface area (Å²) in [6.07, 6.45) is 0. The number of hydrogen-bond donors (Lipinski definition) is 0. The van der Waals surface area contributed by atoms with Crippen LogP contribution in [0.4, 0.5) is 0 Å². The summed E-state index contributed by atoms with van der Waals surface area (Å²) < 4.78 is 0.959. The number of halogens is 3. The largest absolute Gasteiger partial charge is 0.113 e. The molecule has 0 heterocycles. The highest BCUT2D eigenvalue weighted by Gasteiger charge is 2.14. The Bertz CT molecular complexity index is 579. The van der Waals surface area contributed by atoms with Gasteiger partial charge in [0.1, 0.15) is 0 Å². The lowest BCUT2D eigenvalue weighted by molar-refractivity contribution is 1.12. The SMILES string of the molecule is Cc1ccc(C(Cl)c2ccc(Br)cc2Cl)cc1C. The van der Waals surface area contributed by atoms with Gasteiger partial charge in [-0.3, -0.25) is 0 Å². The van der Waals surface area contributed by atoms with E-state index in [9.17, 15) is 0 Å². The summed E-state index contributed by atoms with van der Waals surface area (Å²) in [6.45, 7) is 4.18. The molecule has 0 aliphatic rings. The number of rotatable bonds is 2. The molecule has 0 aliphatic heterocycles. The lowest BCUT2D eigenvalue weighted by Crippen LogP contribution is -1.96. The third-order valence-corrected chi connectivity index (χ3v) is 4.37. The van der Waals surface area contributed by atoms with E-state index in [1.807, 2.05) is 18.2 Å². The first-order valence-electron chi connectivity index (χ1n) is 5.65. The molecular weight excluding hydrogens is 331 g/mol. The Balaban J connectivity index is 2.41. The van der Waals surface area contributed by atoms with Crippen molar-refractivity contribution in [2.24, 2.45) is 0 Å². The number of alkyl halides is 1. The average molecular weight is 344 g/mol. The highest BCUT2D eigenvalue weighted by Crippen LogP contribution is 2.35. The molecule has 0 fully saturated rings. The van der Waals surface area contributed by atoms with Gasteiger partial charge in [0.15, 0.2) is 0 Å². The van der Waals surface area contributed by atoms with Crippen LogP contribution >= 0.6 is 39.1 Å². The van der Waals surface area contributed by atoms with Crippen LogP contribution in [0.2, 0.25) is 5.02 Å². The van der Waals surface area contributed by atoms with Gasteiger partial charge in [0, 0.05) is 9.50 Å². The Morgan fingerprint density at radius 3 is 2.33 bits per heavy atom. The Morgan fingerprint density at radius 1 is 1.00 bits per heavy atom. The predicted octanol–water partition coefficient (Wildman–Crippen LogP) is 6.05. The molecule has 0 amide bonds. The summed E-state index contributed by atoms with van der Waals surface area (Å²) >= 11 is 16.1. The molecule has 1 atom stereocenters. The summed E-state index contributed by atoms with van der Waals surface area (Å²) in [5.74, 6) is 0. The second-order valence-corrected chi connectivity index (χ2v) is 6.13. The molecule has 0 N–H and O–H groups in total. The molecule has 0 saturated carbocycles. The van der Waals surface area contributed by atoms with Crippen LogP contribution in [0.15, 0.2) is 40.9 Å².